The predicted octanol–water partition coefficient (Wildman–Crippen LogP) is 1.19. The van der Waals surface area contributed by atoms with Crippen molar-refractivity contribution >= 4 is 15.7 Å². The fraction of sp³-hybridized carbons (Fsp3) is 0.562. The molecular formula is C16H23NO5S. The molecule has 1 aromatic carbocycles. The quantitative estimate of drug-likeness (QED) is 0.805. The van der Waals surface area contributed by atoms with Gasteiger partial charge in [0.25, 0.3) is 0 Å². The first kappa shape index (κ1) is 17.6. The molecule has 0 spiro atoms. The maximum Gasteiger partial charge on any atom is 0.220 e. The molecule has 2 rings (SSSR count). The standard InChI is InChI=1S/C16H23NO5S/c1-21-14-5-3-12(9-15(14)22-2)4-6-16(18)17-10-13-7-8-23(19,20)11-13/h3,5,9,13H,4,6-8,10-11H2,1-2H3,(H,17,18)/t13-/m0/s1. The molecule has 1 heterocycles. The second-order valence-corrected chi connectivity index (χ2v) is 7.99. The molecule has 7 heteroatoms. The summed E-state index contributed by atoms with van der Waals surface area (Å²) < 4.78 is 33.2. The predicted molar refractivity (Wildman–Crippen MR) is 87.6 cm³/mol. The molecule has 1 aliphatic heterocycles. The minimum Gasteiger partial charge on any atom is -0.493 e. The summed E-state index contributed by atoms with van der Waals surface area (Å²) in [6.07, 6.45) is 1.59. The van der Waals surface area contributed by atoms with Crippen molar-refractivity contribution in [2.24, 2.45) is 5.92 Å². The van der Waals surface area contributed by atoms with Crippen LogP contribution >= 0.6 is 0 Å². The highest BCUT2D eigenvalue weighted by Crippen LogP contribution is 2.27. The lowest BCUT2D eigenvalue weighted by atomic mass is 10.1. The van der Waals surface area contributed by atoms with Gasteiger partial charge in [0.05, 0.1) is 25.7 Å². The molecule has 0 saturated carbocycles. The lowest BCUT2D eigenvalue weighted by Crippen LogP contribution is -2.29. The Labute approximate surface area is 137 Å². The van der Waals surface area contributed by atoms with Gasteiger partial charge in [0.2, 0.25) is 5.91 Å². The van der Waals surface area contributed by atoms with E-state index >= 15 is 0 Å². The van der Waals surface area contributed by atoms with E-state index in [9.17, 15) is 13.2 Å². The van der Waals surface area contributed by atoms with E-state index in [1.165, 1.54) is 0 Å². The van der Waals surface area contributed by atoms with Crippen LogP contribution in [0.25, 0.3) is 0 Å². The summed E-state index contributed by atoms with van der Waals surface area (Å²) in [5, 5.41) is 2.82. The minimum absolute atomic E-state index is 0.0463. The molecule has 0 aliphatic carbocycles. The number of aryl methyl sites for hydroxylation is 1. The van der Waals surface area contributed by atoms with Gasteiger partial charge in [-0.15, -0.1) is 0 Å². The normalized spacial score (nSPS) is 19.3. The number of rotatable bonds is 7. The van der Waals surface area contributed by atoms with Crippen LogP contribution in [0.5, 0.6) is 11.5 Å². The van der Waals surface area contributed by atoms with Crippen molar-refractivity contribution in [2.45, 2.75) is 19.3 Å². The molecule has 1 N–H and O–H groups in total. The lowest BCUT2D eigenvalue weighted by Gasteiger charge is -2.11. The summed E-state index contributed by atoms with van der Waals surface area (Å²) in [4.78, 5) is 11.9. The number of benzene rings is 1. The van der Waals surface area contributed by atoms with Gasteiger partial charge < -0.3 is 14.8 Å². The van der Waals surface area contributed by atoms with Gasteiger partial charge in [0.1, 0.15) is 0 Å². The summed E-state index contributed by atoms with van der Waals surface area (Å²) in [7, 11) is 0.261. The fourth-order valence-electron chi connectivity index (χ4n) is 2.67. The minimum atomic E-state index is -2.89. The Balaban J connectivity index is 1.78. The third-order valence-electron chi connectivity index (χ3n) is 4.00. The van der Waals surface area contributed by atoms with E-state index in [1.54, 1.807) is 14.2 Å². The molecule has 0 radical (unpaired) electrons. The topological polar surface area (TPSA) is 81.7 Å². The van der Waals surface area contributed by atoms with Crippen LogP contribution in [-0.2, 0) is 21.1 Å². The van der Waals surface area contributed by atoms with E-state index in [1.807, 2.05) is 18.2 Å². The monoisotopic (exact) mass is 341 g/mol. The number of carbonyl (C=O) groups excluding carboxylic acids is 1. The molecule has 23 heavy (non-hydrogen) atoms. The maximum absolute atomic E-state index is 11.9. The Morgan fingerprint density at radius 2 is 2.00 bits per heavy atom. The van der Waals surface area contributed by atoms with Crippen molar-refractivity contribution in [1.82, 2.24) is 5.32 Å². The molecule has 1 amide bonds. The first-order chi connectivity index (χ1) is 10.9. The summed E-state index contributed by atoms with van der Waals surface area (Å²) >= 11 is 0. The van der Waals surface area contributed by atoms with E-state index in [-0.39, 0.29) is 23.3 Å². The first-order valence-corrected chi connectivity index (χ1v) is 9.43. The lowest BCUT2D eigenvalue weighted by molar-refractivity contribution is -0.121. The van der Waals surface area contributed by atoms with Gasteiger partial charge in [0, 0.05) is 13.0 Å². The van der Waals surface area contributed by atoms with Crippen LogP contribution in [0.15, 0.2) is 18.2 Å². The van der Waals surface area contributed by atoms with Gasteiger partial charge >= 0.3 is 0 Å². The largest absolute Gasteiger partial charge is 0.493 e. The summed E-state index contributed by atoms with van der Waals surface area (Å²) in [6, 6.07) is 5.57. The highest BCUT2D eigenvalue weighted by molar-refractivity contribution is 7.91. The molecule has 0 aromatic heterocycles. The van der Waals surface area contributed by atoms with Gasteiger partial charge in [-0.25, -0.2) is 8.42 Å². The van der Waals surface area contributed by atoms with Gasteiger partial charge in [-0.2, -0.15) is 0 Å². The van der Waals surface area contributed by atoms with E-state index < -0.39 is 9.84 Å². The Morgan fingerprint density at radius 1 is 1.26 bits per heavy atom. The van der Waals surface area contributed by atoms with Crippen LogP contribution in [0.1, 0.15) is 18.4 Å². The van der Waals surface area contributed by atoms with Gasteiger partial charge in [-0.3, -0.25) is 4.79 Å². The average molecular weight is 341 g/mol. The summed E-state index contributed by atoms with van der Waals surface area (Å²) in [6.45, 7) is 0.435. The Kier molecular flexibility index (Phi) is 5.87. The third kappa shape index (κ3) is 5.13. The molecule has 1 aliphatic rings. The number of amides is 1. The van der Waals surface area contributed by atoms with Gasteiger partial charge in [0.15, 0.2) is 21.3 Å². The van der Waals surface area contributed by atoms with Crippen LogP contribution in [0.3, 0.4) is 0 Å². The van der Waals surface area contributed by atoms with E-state index in [4.69, 9.17) is 9.47 Å². The van der Waals surface area contributed by atoms with Gasteiger partial charge in [-0.05, 0) is 36.5 Å². The Bertz CT molecular complexity index is 656. The summed E-state index contributed by atoms with van der Waals surface area (Å²) in [5.41, 5.74) is 0.987. The van der Waals surface area contributed by atoms with E-state index in [0.29, 0.717) is 37.3 Å². The highest BCUT2D eigenvalue weighted by atomic mass is 32.2. The van der Waals surface area contributed by atoms with Crippen LogP contribution in [-0.4, -0.2) is 46.6 Å². The summed E-state index contributed by atoms with van der Waals surface area (Å²) in [5.74, 6) is 1.70. The van der Waals surface area contributed by atoms with Crippen molar-refractivity contribution in [3.8, 4) is 11.5 Å². The average Bonchev–Trinajstić information content (AvgIpc) is 2.89. The van der Waals surface area contributed by atoms with E-state index in [0.717, 1.165) is 5.56 Å². The zero-order valence-corrected chi connectivity index (χ0v) is 14.3. The van der Waals surface area contributed by atoms with Crippen LogP contribution in [0.2, 0.25) is 0 Å². The second-order valence-electron chi connectivity index (χ2n) is 5.76. The smallest absolute Gasteiger partial charge is 0.220 e. The number of sulfone groups is 1. The zero-order chi connectivity index (χ0) is 16.9. The van der Waals surface area contributed by atoms with Crippen LogP contribution in [0.4, 0.5) is 0 Å². The number of nitrogens with one attached hydrogen (secondary N) is 1. The maximum atomic E-state index is 11.9. The van der Waals surface area contributed by atoms with Crippen LogP contribution < -0.4 is 14.8 Å². The SMILES string of the molecule is COc1ccc(CCC(=O)NC[C@@H]2CCS(=O)(=O)C2)cc1OC. The van der Waals surface area contributed by atoms with Crippen LogP contribution in [0, 0.1) is 5.92 Å². The first-order valence-electron chi connectivity index (χ1n) is 7.61. The van der Waals surface area contributed by atoms with E-state index in [2.05, 4.69) is 5.32 Å². The molecule has 1 fully saturated rings. The van der Waals surface area contributed by atoms with Crippen molar-refractivity contribution in [1.29, 1.82) is 0 Å². The number of hydrogen-bond donors (Lipinski definition) is 1. The van der Waals surface area contributed by atoms with Crippen molar-refractivity contribution in [3.63, 3.8) is 0 Å². The molecule has 1 saturated heterocycles. The zero-order valence-electron chi connectivity index (χ0n) is 13.5. The third-order valence-corrected chi connectivity index (χ3v) is 5.84. The number of hydrogen-bond acceptors (Lipinski definition) is 5. The highest BCUT2D eigenvalue weighted by Gasteiger charge is 2.27. The second kappa shape index (κ2) is 7.68. The molecule has 1 aromatic rings. The molecular weight excluding hydrogens is 318 g/mol. The van der Waals surface area contributed by atoms with Crippen molar-refractivity contribution < 1.29 is 22.7 Å². The Morgan fingerprint density at radius 3 is 2.61 bits per heavy atom. The number of carbonyl (C=O) groups is 1. The molecule has 0 unspecified atom stereocenters. The number of methoxy groups -OCH3 is 2. The molecule has 0 bridgehead atoms. The molecule has 128 valence electrons. The molecule has 1 atom stereocenters. The fourth-order valence-corrected chi connectivity index (χ4v) is 4.54. The Hall–Kier alpha value is -1.76. The van der Waals surface area contributed by atoms with Crippen molar-refractivity contribution in [3.05, 3.63) is 23.8 Å². The van der Waals surface area contributed by atoms with Gasteiger partial charge in [-0.1, -0.05) is 6.07 Å². The van der Waals surface area contributed by atoms with Crippen molar-refractivity contribution in [2.75, 3.05) is 32.3 Å². The molecule has 6 nitrogen and oxygen atoms in total. The number of ether oxygens (including phenoxy) is 2.